The number of hydrogen-bond donors (Lipinski definition) is 4. The lowest BCUT2D eigenvalue weighted by atomic mass is 9.83. The molecule has 4 N–H and O–H groups in total. The Bertz CT molecular complexity index is 1260. The number of rotatable bonds is 9. The van der Waals surface area contributed by atoms with Gasteiger partial charge in [0.2, 0.25) is 5.91 Å². The van der Waals surface area contributed by atoms with Crippen molar-refractivity contribution in [1.29, 1.82) is 0 Å². The van der Waals surface area contributed by atoms with E-state index >= 15 is 0 Å². The largest absolute Gasteiger partial charge is 0.394 e. The van der Waals surface area contributed by atoms with Gasteiger partial charge in [0.05, 0.1) is 24.9 Å². The van der Waals surface area contributed by atoms with Crippen molar-refractivity contribution in [1.82, 2.24) is 4.90 Å². The molecule has 4 rings (SSSR count). The number of carbonyl (C=O) groups excluding carboxylic acids is 3. The lowest BCUT2D eigenvalue weighted by Gasteiger charge is -2.28. The van der Waals surface area contributed by atoms with Gasteiger partial charge in [0.25, 0.3) is 11.8 Å². The number of amides is 3. The Labute approximate surface area is 236 Å². The molecule has 0 unspecified atom stereocenters. The van der Waals surface area contributed by atoms with Crippen LogP contribution in [0.2, 0.25) is 0 Å². The van der Waals surface area contributed by atoms with E-state index in [-0.39, 0.29) is 31.5 Å². The maximum absolute atomic E-state index is 13.8. The van der Waals surface area contributed by atoms with E-state index in [0.29, 0.717) is 23.5 Å². The first-order chi connectivity index (χ1) is 18.6. The zero-order chi connectivity index (χ0) is 28.3. The van der Waals surface area contributed by atoms with Gasteiger partial charge in [0.1, 0.15) is 6.10 Å². The zero-order valence-corrected chi connectivity index (χ0v) is 23.6. The summed E-state index contributed by atoms with van der Waals surface area (Å²) < 4.78 is 0.725. The van der Waals surface area contributed by atoms with Gasteiger partial charge in [-0.1, -0.05) is 47.1 Å². The van der Waals surface area contributed by atoms with Gasteiger partial charge in [0.15, 0.2) is 5.60 Å². The third kappa shape index (κ3) is 5.94. The number of aliphatic hydroxyl groups is 3. The third-order valence-corrected chi connectivity index (χ3v) is 7.95. The highest BCUT2D eigenvalue weighted by Crippen LogP contribution is 2.46. The molecule has 2 aliphatic heterocycles. The van der Waals surface area contributed by atoms with Crippen LogP contribution in [0.5, 0.6) is 0 Å². The molecule has 2 heterocycles. The van der Waals surface area contributed by atoms with Crippen molar-refractivity contribution >= 4 is 45.0 Å². The van der Waals surface area contributed by atoms with Gasteiger partial charge in [-0.15, -0.1) is 0 Å². The Balaban J connectivity index is 1.51. The summed E-state index contributed by atoms with van der Waals surface area (Å²) in [6, 6.07) is 12.1. The van der Waals surface area contributed by atoms with E-state index < -0.39 is 29.4 Å². The first-order valence-corrected chi connectivity index (χ1v) is 13.8. The van der Waals surface area contributed by atoms with Crippen LogP contribution in [0.1, 0.15) is 44.2 Å². The number of likely N-dealkylation sites (tertiary alicyclic amines) is 1. The molecular formula is C29H34BrN3O6. The molecule has 2 aromatic carbocycles. The Morgan fingerprint density at radius 3 is 2.59 bits per heavy atom. The second-order valence-corrected chi connectivity index (χ2v) is 11.1. The topological polar surface area (TPSA) is 130 Å². The predicted molar refractivity (Wildman–Crippen MR) is 151 cm³/mol. The van der Waals surface area contributed by atoms with Gasteiger partial charge in [-0.05, 0) is 55.7 Å². The normalized spacial score (nSPS) is 22.3. The molecule has 208 valence electrons. The summed E-state index contributed by atoms with van der Waals surface area (Å²) in [4.78, 5) is 41.4. The summed E-state index contributed by atoms with van der Waals surface area (Å²) in [6.45, 7) is 3.90. The highest BCUT2D eigenvalue weighted by Gasteiger charge is 2.52. The molecule has 0 aliphatic carbocycles. The van der Waals surface area contributed by atoms with Crippen LogP contribution in [0, 0.1) is 5.92 Å². The predicted octanol–water partition coefficient (Wildman–Crippen LogP) is 3.07. The number of benzene rings is 2. The number of fused-ring (bicyclic) bond motifs is 1. The van der Waals surface area contributed by atoms with Gasteiger partial charge in [-0.3, -0.25) is 14.4 Å². The molecule has 4 atom stereocenters. The van der Waals surface area contributed by atoms with Gasteiger partial charge < -0.3 is 30.4 Å². The minimum Gasteiger partial charge on any atom is -0.394 e. The fourth-order valence-electron chi connectivity index (χ4n) is 5.18. The van der Waals surface area contributed by atoms with Crippen molar-refractivity contribution in [2.24, 2.45) is 5.92 Å². The molecule has 1 saturated heterocycles. The van der Waals surface area contributed by atoms with Crippen LogP contribution in [-0.2, 0) is 26.5 Å². The van der Waals surface area contributed by atoms with Gasteiger partial charge in [-0.2, -0.15) is 0 Å². The number of nitrogens with zero attached hydrogens (tertiary/aromatic N) is 2. The average molecular weight is 601 g/mol. The number of hydrogen-bond acceptors (Lipinski definition) is 6. The highest BCUT2D eigenvalue weighted by atomic mass is 79.9. The van der Waals surface area contributed by atoms with Crippen molar-refractivity contribution in [2.45, 2.75) is 57.4 Å². The number of anilines is 2. The molecule has 0 aromatic heterocycles. The second kappa shape index (κ2) is 12.0. The van der Waals surface area contributed by atoms with Gasteiger partial charge in [-0.25, -0.2) is 0 Å². The van der Waals surface area contributed by atoms with E-state index in [1.54, 1.807) is 60.4 Å². The molecule has 3 amide bonds. The lowest BCUT2D eigenvalue weighted by Crippen LogP contribution is -2.44. The van der Waals surface area contributed by atoms with Crippen LogP contribution in [0.25, 0.3) is 0 Å². The van der Waals surface area contributed by atoms with Crippen LogP contribution in [0.4, 0.5) is 11.4 Å². The SMILES string of the molecule is C[C@H](O)C(=O)Nc1ccc(CN2C(=O)[C@](O)([C@H](C)/C=C/CC(=O)N3CCC[C@H]3CO)c3cc(Br)ccc32)cc1. The van der Waals surface area contributed by atoms with Crippen LogP contribution in [0.15, 0.2) is 59.1 Å². The van der Waals surface area contributed by atoms with E-state index in [1.807, 2.05) is 6.07 Å². The summed E-state index contributed by atoms with van der Waals surface area (Å²) in [5.41, 5.74) is 0.549. The molecule has 10 heteroatoms. The number of halogens is 1. The molecular weight excluding hydrogens is 566 g/mol. The standard InChI is InChI=1S/C29H34BrN3O6/c1-18(5-3-7-26(36)32-14-4-6-23(32)17-34)29(39)24-15-21(30)10-13-25(24)33(28(29)38)16-20-8-11-22(12-9-20)31-27(37)19(2)35/h3,5,8-13,15,18-19,23,34-35,39H,4,6-7,14,16-17H2,1-2H3,(H,31,37)/b5-3+/t18-,19+,23+,29+/m1/s1. The van der Waals surface area contributed by atoms with Crippen molar-refractivity contribution in [3.05, 3.63) is 70.2 Å². The summed E-state index contributed by atoms with van der Waals surface area (Å²) >= 11 is 3.45. The van der Waals surface area contributed by atoms with E-state index in [1.165, 1.54) is 11.8 Å². The molecule has 0 spiro atoms. The summed E-state index contributed by atoms with van der Waals surface area (Å²) in [5.74, 6) is -1.69. The Hall–Kier alpha value is -3.05. The summed E-state index contributed by atoms with van der Waals surface area (Å²) in [5, 5.41) is 33.4. The monoisotopic (exact) mass is 599 g/mol. The molecule has 0 radical (unpaired) electrons. The minimum absolute atomic E-state index is 0.0547. The second-order valence-electron chi connectivity index (χ2n) is 10.2. The average Bonchev–Trinajstić information content (AvgIpc) is 3.47. The smallest absolute Gasteiger partial charge is 0.264 e. The van der Waals surface area contributed by atoms with E-state index in [2.05, 4.69) is 21.2 Å². The van der Waals surface area contributed by atoms with Crippen molar-refractivity contribution < 1.29 is 29.7 Å². The van der Waals surface area contributed by atoms with Crippen molar-refractivity contribution in [3.8, 4) is 0 Å². The molecule has 2 aromatic rings. The van der Waals surface area contributed by atoms with Crippen LogP contribution < -0.4 is 10.2 Å². The van der Waals surface area contributed by atoms with E-state index in [9.17, 15) is 29.7 Å². The first kappa shape index (κ1) is 28.9. The number of nitrogens with one attached hydrogen (secondary N) is 1. The van der Waals surface area contributed by atoms with Crippen LogP contribution >= 0.6 is 15.9 Å². The zero-order valence-electron chi connectivity index (χ0n) is 22.0. The fraction of sp³-hybridized carbons (Fsp3) is 0.414. The molecule has 0 bridgehead atoms. The van der Waals surface area contributed by atoms with Crippen molar-refractivity contribution in [3.63, 3.8) is 0 Å². The first-order valence-electron chi connectivity index (χ1n) is 13.1. The van der Waals surface area contributed by atoms with E-state index in [0.717, 1.165) is 22.9 Å². The van der Waals surface area contributed by atoms with Gasteiger partial charge in [0, 0.05) is 34.6 Å². The van der Waals surface area contributed by atoms with Crippen LogP contribution in [0.3, 0.4) is 0 Å². The molecule has 0 saturated carbocycles. The molecule has 2 aliphatic rings. The summed E-state index contributed by atoms with van der Waals surface area (Å²) in [6.07, 6.45) is 4.04. The summed E-state index contributed by atoms with van der Waals surface area (Å²) in [7, 11) is 0. The highest BCUT2D eigenvalue weighted by molar-refractivity contribution is 9.10. The minimum atomic E-state index is -1.83. The Kier molecular flexibility index (Phi) is 8.90. The third-order valence-electron chi connectivity index (χ3n) is 7.46. The van der Waals surface area contributed by atoms with Crippen molar-refractivity contribution in [2.75, 3.05) is 23.4 Å². The lowest BCUT2D eigenvalue weighted by molar-refractivity contribution is -0.139. The number of aliphatic hydroxyl groups excluding tert-OH is 2. The maximum Gasteiger partial charge on any atom is 0.264 e. The number of carbonyl (C=O) groups is 3. The van der Waals surface area contributed by atoms with Crippen LogP contribution in [-0.4, -0.2) is 63.2 Å². The van der Waals surface area contributed by atoms with Gasteiger partial charge >= 0.3 is 0 Å². The quantitative estimate of drug-likeness (QED) is 0.328. The molecule has 1 fully saturated rings. The Morgan fingerprint density at radius 1 is 1.21 bits per heavy atom. The Morgan fingerprint density at radius 2 is 1.92 bits per heavy atom. The maximum atomic E-state index is 13.8. The molecule has 9 nitrogen and oxygen atoms in total. The van der Waals surface area contributed by atoms with E-state index in [4.69, 9.17) is 0 Å². The fourth-order valence-corrected chi connectivity index (χ4v) is 5.54. The molecule has 39 heavy (non-hydrogen) atoms.